The largest absolute Gasteiger partial charge is 0.371 e. The van der Waals surface area contributed by atoms with Crippen molar-refractivity contribution >= 4 is 11.6 Å². The Kier molecular flexibility index (Phi) is 5.01. The van der Waals surface area contributed by atoms with Gasteiger partial charge in [0.15, 0.2) is 0 Å². The van der Waals surface area contributed by atoms with Crippen LogP contribution in [-0.4, -0.2) is 45.9 Å². The number of anilines is 2. The van der Waals surface area contributed by atoms with Gasteiger partial charge in [0.2, 0.25) is 5.95 Å². The van der Waals surface area contributed by atoms with E-state index in [-0.39, 0.29) is 11.6 Å². The summed E-state index contributed by atoms with van der Waals surface area (Å²) in [6.07, 6.45) is 5.49. The van der Waals surface area contributed by atoms with Crippen molar-refractivity contribution in [3.8, 4) is 0 Å². The van der Waals surface area contributed by atoms with Crippen molar-refractivity contribution < 1.29 is 0 Å². The standard InChI is InChI=1S/C18H26N6O/c1-13(2)22(4)16-10-17(25)24(20-11-16)15-6-5-9-23(12-15)18-19-8-7-14(3)21-18/h7-8,10-11,13,15H,5-6,9,12H2,1-4H3/t15-/m0/s1. The van der Waals surface area contributed by atoms with Crippen LogP contribution in [0.1, 0.15) is 38.4 Å². The third-order valence-electron chi connectivity index (χ3n) is 4.80. The molecule has 2 aromatic heterocycles. The van der Waals surface area contributed by atoms with Crippen molar-refractivity contribution in [1.29, 1.82) is 0 Å². The topological polar surface area (TPSA) is 67.2 Å². The minimum Gasteiger partial charge on any atom is -0.371 e. The Morgan fingerprint density at radius 1 is 1.36 bits per heavy atom. The maximum Gasteiger partial charge on any atom is 0.269 e. The molecule has 0 bridgehead atoms. The van der Waals surface area contributed by atoms with Crippen LogP contribution in [0.3, 0.4) is 0 Å². The average Bonchev–Trinajstić information content (AvgIpc) is 2.61. The molecule has 1 aliphatic rings. The van der Waals surface area contributed by atoms with Crippen molar-refractivity contribution in [2.75, 3.05) is 29.9 Å². The zero-order chi connectivity index (χ0) is 18.0. The first-order valence-corrected chi connectivity index (χ1v) is 8.82. The lowest BCUT2D eigenvalue weighted by molar-refractivity contribution is 0.360. The molecule has 3 rings (SSSR count). The van der Waals surface area contributed by atoms with Crippen LogP contribution in [-0.2, 0) is 0 Å². The highest BCUT2D eigenvalue weighted by Gasteiger charge is 2.24. The van der Waals surface area contributed by atoms with E-state index in [0.717, 1.165) is 36.7 Å². The highest BCUT2D eigenvalue weighted by atomic mass is 16.1. The van der Waals surface area contributed by atoms with E-state index in [0.29, 0.717) is 12.6 Å². The fraction of sp³-hybridized carbons (Fsp3) is 0.556. The molecule has 1 aliphatic heterocycles. The van der Waals surface area contributed by atoms with Crippen LogP contribution in [0.4, 0.5) is 11.6 Å². The molecule has 25 heavy (non-hydrogen) atoms. The SMILES string of the molecule is Cc1ccnc(N2CCC[C@H](n3ncc(N(C)C(C)C)cc3=O)C2)n1. The molecule has 1 saturated heterocycles. The number of nitrogens with zero attached hydrogens (tertiary/aromatic N) is 6. The monoisotopic (exact) mass is 342 g/mol. The Morgan fingerprint density at radius 2 is 2.16 bits per heavy atom. The molecular formula is C18H26N6O. The Morgan fingerprint density at radius 3 is 2.84 bits per heavy atom. The highest BCUT2D eigenvalue weighted by Crippen LogP contribution is 2.23. The highest BCUT2D eigenvalue weighted by molar-refractivity contribution is 5.42. The summed E-state index contributed by atoms with van der Waals surface area (Å²) in [4.78, 5) is 25.7. The first kappa shape index (κ1) is 17.4. The van der Waals surface area contributed by atoms with E-state index in [9.17, 15) is 4.79 Å². The molecule has 7 heteroatoms. The molecule has 7 nitrogen and oxygen atoms in total. The van der Waals surface area contributed by atoms with Gasteiger partial charge in [0.05, 0.1) is 17.9 Å². The predicted octanol–water partition coefficient (Wildman–Crippen LogP) is 2.03. The zero-order valence-corrected chi connectivity index (χ0v) is 15.4. The van der Waals surface area contributed by atoms with E-state index in [2.05, 4.69) is 33.8 Å². The molecule has 0 unspecified atom stereocenters. The first-order valence-electron chi connectivity index (χ1n) is 8.82. The van der Waals surface area contributed by atoms with E-state index in [1.165, 1.54) is 0 Å². The molecule has 0 N–H and O–H groups in total. The van der Waals surface area contributed by atoms with Gasteiger partial charge >= 0.3 is 0 Å². The molecule has 1 fully saturated rings. The van der Waals surface area contributed by atoms with Crippen molar-refractivity contribution in [2.45, 2.75) is 45.7 Å². The van der Waals surface area contributed by atoms with Crippen LogP contribution in [0, 0.1) is 6.92 Å². The van der Waals surface area contributed by atoms with Gasteiger partial charge in [-0.1, -0.05) is 0 Å². The van der Waals surface area contributed by atoms with Crippen molar-refractivity contribution in [3.63, 3.8) is 0 Å². The first-order chi connectivity index (χ1) is 12.0. The van der Waals surface area contributed by atoms with Crippen LogP contribution in [0.15, 0.2) is 29.3 Å². The second kappa shape index (κ2) is 7.21. The molecular weight excluding hydrogens is 316 g/mol. The number of aryl methyl sites for hydroxylation is 1. The van der Waals surface area contributed by atoms with Crippen LogP contribution in [0.5, 0.6) is 0 Å². The summed E-state index contributed by atoms with van der Waals surface area (Å²) in [6, 6.07) is 3.93. The van der Waals surface area contributed by atoms with Crippen molar-refractivity contribution in [2.24, 2.45) is 0 Å². The van der Waals surface area contributed by atoms with E-state index in [1.54, 1.807) is 23.1 Å². The van der Waals surface area contributed by atoms with E-state index >= 15 is 0 Å². The summed E-state index contributed by atoms with van der Waals surface area (Å²) in [7, 11) is 1.98. The quantitative estimate of drug-likeness (QED) is 0.847. The maximum absolute atomic E-state index is 12.6. The third kappa shape index (κ3) is 3.81. The second-order valence-electron chi connectivity index (χ2n) is 6.94. The number of rotatable bonds is 4. The van der Waals surface area contributed by atoms with Crippen molar-refractivity contribution in [3.05, 3.63) is 40.6 Å². The molecule has 0 spiro atoms. The lowest BCUT2D eigenvalue weighted by Gasteiger charge is -2.33. The normalized spacial score (nSPS) is 17.8. The average molecular weight is 342 g/mol. The summed E-state index contributed by atoms with van der Waals surface area (Å²) in [5.41, 5.74) is 1.75. The lowest BCUT2D eigenvalue weighted by atomic mass is 10.1. The number of hydrogen-bond acceptors (Lipinski definition) is 6. The summed E-state index contributed by atoms with van der Waals surface area (Å²) >= 11 is 0. The molecule has 3 heterocycles. The molecule has 0 saturated carbocycles. The van der Waals surface area contributed by atoms with Gasteiger partial charge in [0.1, 0.15) is 0 Å². The minimum atomic E-state index is -0.0537. The molecule has 134 valence electrons. The Hall–Kier alpha value is -2.44. The molecule has 2 aromatic rings. The smallest absolute Gasteiger partial charge is 0.269 e. The number of aromatic nitrogens is 4. The van der Waals surface area contributed by atoms with Crippen LogP contribution in [0.25, 0.3) is 0 Å². The van der Waals surface area contributed by atoms with Gasteiger partial charge < -0.3 is 9.80 Å². The summed E-state index contributed by atoms with van der Waals surface area (Å²) in [5.74, 6) is 0.730. The zero-order valence-electron chi connectivity index (χ0n) is 15.4. The van der Waals surface area contributed by atoms with E-state index in [4.69, 9.17) is 0 Å². The molecule has 0 aliphatic carbocycles. The Balaban J connectivity index is 1.81. The molecule has 0 aromatic carbocycles. The number of piperidine rings is 1. The van der Waals surface area contributed by atoms with Crippen molar-refractivity contribution in [1.82, 2.24) is 19.7 Å². The predicted molar refractivity (Wildman–Crippen MR) is 99.3 cm³/mol. The Bertz CT molecular complexity index is 787. The Labute approximate surface area is 148 Å². The molecule has 1 atom stereocenters. The van der Waals surface area contributed by atoms with Crippen LogP contribution >= 0.6 is 0 Å². The van der Waals surface area contributed by atoms with Gasteiger partial charge in [-0.15, -0.1) is 0 Å². The minimum absolute atomic E-state index is 0.0452. The summed E-state index contributed by atoms with van der Waals surface area (Å²) in [5, 5.41) is 4.45. The van der Waals surface area contributed by atoms with Crippen LogP contribution in [0.2, 0.25) is 0 Å². The van der Waals surface area contributed by atoms with E-state index in [1.807, 2.05) is 24.9 Å². The second-order valence-corrected chi connectivity index (χ2v) is 6.94. The van der Waals surface area contributed by atoms with Gasteiger partial charge in [0.25, 0.3) is 5.56 Å². The summed E-state index contributed by atoms with van der Waals surface area (Å²) in [6.45, 7) is 7.75. The number of hydrogen-bond donors (Lipinski definition) is 0. The van der Waals surface area contributed by atoms with Gasteiger partial charge in [-0.25, -0.2) is 14.6 Å². The fourth-order valence-electron chi connectivity index (χ4n) is 3.10. The van der Waals surface area contributed by atoms with Crippen LogP contribution < -0.4 is 15.4 Å². The lowest BCUT2D eigenvalue weighted by Crippen LogP contribution is -2.41. The summed E-state index contributed by atoms with van der Waals surface area (Å²) < 4.78 is 1.61. The van der Waals surface area contributed by atoms with Gasteiger partial charge in [-0.2, -0.15) is 5.10 Å². The third-order valence-corrected chi connectivity index (χ3v) is 4.80. The fourth-order valence-corrected chi connectivity index (χ4v) is 3.10. The molecule has 0 amide bonds. The van der Waals surface area contributed by atoms with Gasteiger partial charge in [0, 0.05) is 44.1 Å². The molecule has 0 radical (unpaired) electrons. The maximum atomic E-state index is 12.6. The van der Waals surface area contributed by atoms with E-state index < -0.39 is 0 Å². The van der Waals surface area contributed by atoms with Gasteiger partial charge in [-0.3, -0.25) is 4.79 Å². The van der Waals surface area contributed by atoms with Gasteiger partial charge in [-0.05, 0) is 39.7 Å².